The van der Waals surface area contributed by atoms with Crippen LogP contribution in [-0.2, 0) is 0 Å². The first-order valence-electron chi connectivity index (χ1n) is 8.96. The Kier molecular flexibility index (Phi) is 5.13. The van der Waals surface area contributed by atoms with Gasteiger partial charge in [-0.25, -0.2) is 0 Å². The third-order valence-corrected chi connectivity index (χ3v) is 5.12. The van der Waals surface area contributed by atoms with Crippen LogP contribution in [0.15, 0.2) is 55.1 Å². The molecule has 1 amide bonds. The minimum atomic E-state index is -0.430. The fourth-order valence-electron chi connectivity index (χ4n) is 3.35. The third kappa shape index (κ3) is 3.90. The van der Waals surface area contributed by atoms with E-state index in [2.05, 4.69) is 15.1 Å². The molecule has 2 heterocycles. The van der Waals surface area contributed by atoms with Crippen LogP contribution in [-0.4, -0.2) is 56.7 Å². The number of hydrogen-bond acceptors (Lipinski definition) is 6. The lowest BCUT2D eigenvalue weighted by Gasteiger charge is -2.37. The van der Waals surface area contributed by atoms with E-state index in [0.717, 1.165) is 5.69 Å². The molecule has 0 spiro atoms. The van der Waals surface area contributed by atoms with Gasteiger partial charge in [-0.2, -0.15) is 0 Å². The van der Waals surface area contributed by atoms with Crippen molar-refractivity contribution in [2.75, 3.05) is 31.1 Å². The summed E-state index contributed by atoms with van der Waals surface area (Å²) in [5.74, 6) is -0.0379. The molecule has 0 unspecified atom stereocenters. The van der Waals surface area contributed by atoms with Crippen molar-refractivity contribution in [1.82, 2.24) is 19.7 Å². The Bertz CT molecular complexity index is 1030. The number of aromatic nitrogens is 3. The molecule has 1 fully saturated rings. The molecular weight excluding hydrogens is 396 g/mol. The summed E-state index contributed by atoms with van der Waals surface area (Å²) in [4.78, 5) is 27.3. The molecule has 1 aliphatic rings. The van der Waals surface area contributed by atoms with E-state index >= 15 is 0 Å². The van der Waals surface area contributed by atoms with E-state index in [1.54, 1.807) is 39.8 Å². The molecule has 29 heavy (non-hydrogen) atoms. The summed E-state index contributed by atoms with van der Waals surface area (Å²) in [6.07, 6.45) is 3.01. The lowest BCUT2D eigenvalue weighted by atomic mass is 10.1. The highest BCUT2D eigenvalue weighted by molar-refractivity contribution is 6.30. The van der Waals surface area contributed by atoms with E-state index in [1.165, 1.54) is 24.8 Å². The van der Waals surface area contributed by atoms with Crippen LogP contribution >= 0.6 is 11.6 Å². The van der Waals surface area contributed by atoms with Gasteiger partial charge in [0.05, 0.1) is 16.3 Å². The van der Waals surface area contributed by atoms with Gasteiger partial charge in [0, 0.05) is 48.9 Å². The number of nitro benzene ring substituents is 1. The topological polar surface area (TPSA) is 97.4 Å². The highest BCUT2D eigenvalue weighted by Crippen LogP contribution is 2.29. The maximum absolute atomic E-state index is 12.7. The predicted molar refractivity (Wildman–Crippen MR) is 108 cm³/mol. The molecule has 3 aromatic rings. The molecule has 1 aliphatic heterocycles. The molecule has 0 radical (unpaired) electrons. The van der Waals surface area contributed by atoms with Gasteiger partial charge >= 0.3 is 0 Å². The van der Waals surface area contributed by atoms with Gasteiger partial charge in [-0.1, -0.05) is 11.6 Å². The van der Waals surface area contributed by atoms with Crippen LogP contribution in [0, 0.1) is 10.1 Å². The predicted octanol–water partition coefficient (Wildman–Crippen LogP) is 2.79. The summed E-state index contributed by atoms with van der Waals surface area (Å²) in [7, 11) is 0. The number of non-ortho nitro benzene ring substituents is 1. The molecule has 1 saturated heterocycles. The first-order chi connectivity index (χ1) is 14.0. The molecule has 0 aliphatic carbocycles. The number of nitrogens with zero attached hydrogens (tertiary/aromatic N) is 6. The summed E-state index contributed by atoms with van der Waals surface area (Å²) < 4.78 is 1.65. The standard InChI is InChI=1S/C19H17ClN6O3/c20-15-3-1-14(2-4-15)19(27)24-9-7-23(8-10-24)17-6-5-16(26(28)29)11-18(17)25-12-21-22-13-25/h1-6,11-13H,7-10H2. The second-order valence-electron chi connectivity index (χ2n) is 6.59. The zero-order chi connectivity index (χ0) is 20.4. The molecule has 0 bridgehead atoms. The van der Waals surface area contributed by atoms with Crippen molar-refractivity contribution in [3.63, 3.8) is 0 Å². The van der Waals surface area contributed by atoms with Gasteiger partial charge in [0.25, 0.3) is 11.6 Å². The number of halogens is 1. The van der Waals surface area contributed by atoms with Crippen LogP contribution in [0.1, 0.15) is 10.4 Å². The fourth-order valence-corrected chi connectivity index (χ4v) is 3.48. The first kappa shape index (κ1) is 18.9. The zero-order valence-corrected chi connectivity index (χ0v) is 16.1. The molecule has 2 aromatic carbocycles. The van der Waals surface area contributed by atoms with E-state index in [0.29, 0.717) is 42.5 Å². The smallest absolute Gasteiger partial charge is 0.271 e. The number of nitro groups is 1. The van der Waals surface area contributed by atoms with Crippen molar-refractivity contribution in [2.45, 2.75) is 0 Å². The number of amides is 1. The molecule has 4 rings (SSSR count). The van der Waals surface area contributed by atoms with Crippen LogP contribution in [0.4, 0.5) is 11.4 Å². The molecule has 0 N–H and O–H groups in total. The minimum absolute atomic E-state index is 0.00555. The van der Waals surface area contributed by atoms with E-state index in [1.807, 2.05) is 0 Å². The highest BCUT2D eigenvalue weighted by atomic mass is 35.5. The van der Waals surface area contributed by atoms with E-state index in [4.69, 9.17) is 11.6 Å². The average molecular weight is 413 g/mol. The number of carbonyl (C=O) groups excluding carboxylic acids is 1. The van der Waals surface area contributed by atoms with Gasteiger partial charge in [0.2, 0.25) is 0 Å². The quantitative estimate of drug-likeness (QED) is 0.482. The monoisotopic (exact) mass is 412 g/mol. The van der Waals surface area contributed by atoms with Gasteiger partial charge in [-0.05, 0) is 30.3 Å². The van der Waals surface area contributed by atoms with Crippen molar-refractivity contribution in [1.29, 1.82) is 0 Å². The van der Waals surface area contributed by atoms with Crippen LogP contribution in [0.3, 0.4) is 0 Å². The van der Waals surface area contributed by atoms with Crippen LogP contribution < -0.4 is 4.90 Å². The van der Waals surface area contributed by atoms with Gasteiger partial charge in [0.15, 0.2) is 0 Å². The summed E-state index contributed by atoms with van der Waals surface area (Å²) in [6.45, 7) is 2.29. The molecule has 0 saturated carbocycles. The van der Waals surface area contributed by atoms with Crippen LogP contribution in [0.5, 0.6) is 0 Å². The maximum Gasteiger partial charge on any atom is 0.271 e. The number of benzene rings is 2. The largest absolute Gasteiger partial charge is 0.366 e. The van der Waals surface area contributed by atoms with Crippen molar-refractivity contribution < 1.29 is 9.72 Å². The lowest BCUT2D eigenvalue weighted by molar-refractivity contribution is -0.384. The fraction of sp³-hybridized carbons (Fsp3) is 0.211. The normalized spacial score (nSPS) is 14.1. The third-order valence-electron chi connectivity index (χ3n) is 4.87. The number of hydrogen-bond donors (Lipinski definition) is 0. The number of piperazine rings is 1. The van der Waals surface area contributed by atoms with Crippen molar-refractivity contribution in [2.24, 2.45) is 0 Å². The molecular formula is C19H17ClN6O3. The molecule has 9 nitrogen and oxygen atoms in total. The highest BCUT2D eigenvalue weighted by Gasteiger charge is 2.25. The van der Waals surface area contributed by atoms with E-state index < -0.39 is 4.92 Å². The minimum Gasteiger partial charge on any atom is -0.366 e. The van der Waals surface area contributed by atoms with Crippen molar-refractivity contribution in [3.8, 4) is 5.69 Å². The Hall–Kier alpha value is -3.46. The second kappa shape index (κ2) is 7.88. The van der Waals surface area contributed by atoms with Crippen molar-refractivity contribution in [3.05, 3.63) is 75.8 Å². The number of carbonyl (C=O) groups is 1. The summed E-state index contributed by atoms with van der Waals surface area (Å²) in [6, 6.07) is 11.6. The van der Waals surface area contributed by atoms with Gasteiger partial charge < -0.3 is 9.80 Å². The first-order valence-corrected chi connectivity index (χ1v) is 9.34. The average Bonchev–Trinajstić information content (AvgIpc) is 3.28. The summed E-state index contributed by atoms with van der Waals surface area (Å²) >= 11 is 5.89. The Morgan fingerprint density at radius 1 is 0.966 bits per heavy atom. The second-order valence-corrected chi connectivity index (χ2v) is 7.02. The maximum atomic E-state index is 12.7. The molecule has 148 valence electrons. The van der Waals surface area contributed by atoms with Gasteiger partial charge in [-0.3, -0.25) is 19.5 Å². The van der Waals surface area contributed by atoms with Gasteiger partial charge in [0.1, 0.15) is 12.7 Å². The summed E-state index contributed by atoms with van der Waals surface area (Å²) in [5.41, 5.74) is 2.05. The Morgan fingerprint density at radius 2 is 1.62 bits per heavy atom. The number of rotatable bonds is 4. The number of anilines is 1. The Morgan fingerprint density at radius 3 is 2.24 bits per heavy atom. The van der Waals surface area contributed by atoms with Crippen LogP contribution in [0.25, 0.3) is 5.69 Å². The van der Waals surface area contributed by atoms with Gasteiger partial charge in [-0.15, -0.1) is 10.2 Å². The van der Waals surface area contributed by atoms with E-state index in [9.17, 15) is 14.9 Å². The van der Waals surface area contributed by atoms with Crippen molar-refractivity contribution >= 4 is 28.9 Å². The van der Waals surface area contributed by atoms with Crippen LogP contribution in [0.2, 0.25) is 5.02 Å². The van der Waals surface area contributed by atoms with E-state index in [-0.39, 0.29) is 11.6 Å². The zero-order valence-electron chi connectivity index (χ0n) is 15.3. The SMILES string of the molecule is O=C(c1ccc(Cl)cc1)N1CCN(c2ccc([N+](=O)[O-])cc2-n2cnnc2)CC1. The Balaban J connectivity index is 1.53. The molecule has 10 heteroatoms. The Labute approximate surface area is 171 Å². The lowest BCUT2D eigenvalue weighted by Crippen LogP contribution is -2.49. The summed E-state index contributed by atoms with van der Waals surface area (Å²) in [5, 5.41) is 19.4. The molecule has 0 atom stereocenters. The molecule has 1 aromatic heterocycles.